The lowest BCUT2D eigenvalue weighted by Crippen LogP contribution is -2.30. The van der Waals surface area contributed by atoms with Crippen LogP contribution in [0.1, 0.15) is 25.0 Å². The Morgan fingerprint density at radius 2 is 2.18 bits per heavy atom. The SMILES string of the molecule is O=C(O)CC1CCCN1Cc1cc(-c2ccc(Cl)cc2)no1. The first-order valence-corrected chi connectivity index (χ1v) is 7.67. The van der Waals surface area contributed by atoms with Gasteiger partial charge in [-0.05, 0) is 31.5 Å². The first-order valence-electron chi connectivity index (χ1n) is 7.29. The van der Waals surface area contributed by atoms with Gasteiger partial charge in [0.25, 0.3) is 0 Å². The third-order valence-corrected chi connectivity index (χ3v) is 4.22. The van der Waals surface area contributed by atoms with Crippen LogP contribution in [0.5, 0.6) is 0 Å². The molecule has 6 heteroatoms. The number of aromatic nitrogens is 1. The highest BCUT2D eigenvalue weighted by Gasteiger charge is 2.27. The van der Waals surface area contributed by atoms with Crippen molar-refractivity contribution in [2.75, 3.05) is 6.54 Å². The number of aliphatic carboxylic acids is 1. The smallest absolute Gasteiger partial charge is 0.304 e. The Labute approximate surface area is 133 Å². The Morgan fingerprint density at radius 3 is 2.91 bits per heavy atom. The summed E-state index contributed by atoms with van der Waals surface area (Å²) in [5.74, 6) is -0.00133. The van der Waals surface area contributed by atoms with Gasteiger partial charge in [-0.2, -0.15) is 0 Å². The molecule has 1 N–H and O–H groups in total. The third-order valence-electron chi connectivity index (χ3n) is 3.97. The fourth-order valence-electron chi connectivity index (χ4n) is 2.88. The van der Waals surface area contributed by atoms with Crippen molar-refractivity contribution < 1.29 is 14.4 Å². The Hall–Kier alpha value is -1.85. The van der Waals surface area contributed by atoms with Crippen LogP contribution < -0.4 is 0 Å². The number of nitrogens with zero attached hydrogens (tertiary/aromatic N) is 2. The van der Waals surface area contributed by atoms with Gasteiger partial charge in [-0.3, -0.25) is 9.69 Å². The average Bonchev–Trinajstić information content (AvgIpc) is 3.10. The number of halogens is 1. The van der Waals surface area contributed by atoms with E-state index >= 15 is 0 Å². The summed E-state index contributed by atoms with van der Waals surface area (Å²) in [4.78, 5) is 13.0. The van der Waals surface area contributed by atoms with Crippen molar-refractivity contribution >= 4 is 17.6 Å². The quantitative estimate of drug-likeness (QED) is 0.914. The predicted octanol–water partition coefficient (Wildman–Crippen LogP) is 3.43. The molecule has 0 amide bonds. The Kier molecular flexibility index (Phi) is 4.45. The first-order chi connectivity index (χ1) is 10.6. The fraction of sp³-hybridized carbons (Fsp3) is 0.375. The number of rotatable bonds is 5. The van der Waals surface area contributed by atoms with Gasteiger partial charge in [-0.15, -0.1) is 0 Å². The standard InChI is InChI=1S/C16H17ClN2O3/c17-12-5-3-11(4-6-12)15-9-14(22-18-15)10-19-7-1-2-13(19)8-16(20)21/h3-6,9,13H,1-2,7-8,10H2,(H,20,21). The zero-order valence-electron chi connectivity index (χ0n) is 12.0. The van der Waals surface area contributed by atoms with Crippen molar-refractivity contribution in [3.63, 3.8) is 0 Å². The summed E-state index contributed by atoms with van der Waals surface area (Å²) in [6.07, 6.45) is 2.12. The molecule has 2 aromatic rings. The lowest BCUT2D eigenvalue weighted by Gasteiger charge is -2.21. The van der Waals surface area contributed by atoms with Crippen LogP contribution in [0.3, 0.4) is 0 Å². The summed E-state index contributed by atoms with van der Waals surface area (Å²) >= 11 is 5.88. The van der Waals surface area contributed by atoms with Gasteiger partial charge >= 0.3 is 5.97 Å². The zero-order valence-corrected chi connectivity index (χ0v) is 12.8. The van der Waals surface area contributed by atoms with Crippen LogP contribution in [0.15, 0.2) is 34.9 Å². The predicted molar refractivity (Wildman–Crippen MR) is 82.6 cm³/mol. The maximum absolute atomic E-state index is 10.9. The minimum absolute atomic E-state index is 0.0848. The van der Waals surface area contributed by atoms with Gasteiger partial charge in [0.05, 0.1) is 13.0 Å². The van der Waals surface area contributed by atoms with Crippen molar-refractivity contribution in [1.82, 2.24) is 10.1 Å². The molecule has 3 rings (SSSR count). The molecule has 22 heavy (non-hydrogen) atoms. The van der Waals surface area contributed by atoms with Crippen molar-refractivity contribution in [2.24, 2.45) is 0 Å². The molecule has 0 radical (unpaired) electrons. The molecule has 1 aromatic heterocycles. The van der Waals surface area contributed by atoms with Crippen molar-refractivity contribution in [3.05, 3.63) is 41.1 Å². The number of hydrogen-bond donors (Lipinski definition) is 1. The van der Waals surface area contributed by atoms with E-state index in [1.165, 1.54) is 0 Å². The van der Waals surface area contributed by atoms with Crippen LogP contribution in [-0.4, -0.2) is 33.7 Å². The number of hydrogen-bond acceptors (Lipinski definition) is 4. The van der Waals surface area contributed by atoms with Gasteiger partial charge in [0.2, 0.25) is 0 Å². The third kappa shape index (κ3) is 3.48. The summed E-state index contributed by atoms with van der Waals surface area (Å²) in [6, 6.07) is 9.41. The van der Waals surface area contributed by atoms with Gasteiger partial charge in [-0.25, -0.2) is 0 Å². The van der Waals surface area contributed by atoms with Gasteiger partial charge in [0.1, 0.15) is 5.69 Å². The monoisotopic (exact) mass is 320 g/mol. The molecule has 0 spiro atoms. The van der Waals surface area contributed by atoms with E-state index in [2.05, 4.69) is 10.1 Å². The van der Waals surface area contributed by atoms with Crippen molar-refractivity contribution in [2.45, 2.75) is 31.8 Å². The number of benzene rings is 1. The zero-order chi connectivity index (χ0) is 15.5. The van der Waals surface area contributed by atoms with E-state index in [0.717, 1.165) is 36.4 Å². The van der Waals surface area contributed by atoms with Crippen LogP contribution in [0.2, 0.25) is 5.02 Å². The topological polar surface area (TPSA) is 66.6 Å². The van der Waals surface area contributed by atoms with Crippen LogP contribution in [0, 0.1) is 0 Å². The molecule has 116 valence electrons. The van der Waals surface area contributed by atoms with Crippen LogP contribution >= 0.6 is 11.6 Å². The molecule has 1 unspecified atom stereocenters. The molecule has 0 saturated carbocycles. The number of carboxylic acids is 1. The molecule has 1 aliphatic heterocycles. The summed E-state index contributed by atoms with van der Waals surface area (Å²) < 4.78 is 5.39. The second kappa shape index (κ2) is 6.50. The molecule has 2 heterocycles. The summed E-state index contributed by atoms with van der Waals surface area (Å²) in [5.41, 5.74) is 1.71. The number of carbonyl (C=O) groups is 1. The summed E-state index contributed by atoms with van der Waals surface area (Å²) in [6.45, 7) is 1.49. The number of likely N-dealkylation sites (tertiary alicyclic amines) is 1. The highest BCUT2D eigenvalue weighted by Crippen LogP contribution is 2.25. The molecule has 0 bridgehead atoms. The van der Waals surface area contributed by atoms with Gasteiger partial charge < -0.3 is 9.63 Å². The van der Waals surface area contributed by atoms with E-state index in [0.29, 0.717) is 11.6 Å². The van der Waals surface area contributed by atoms with E-state index in [-0.39, 0.29) is 12.5 Å². The molecular formula is C16H17ClN2O3. The summed E-state index contributed by atoms with van der Waals surface area (Å²) in [7, 11) is 0. The van der Waals surface area contributed by atoms with Crippen LogP contribution in [0.25, 0.3) is 11.3 Å². The van der Waals surface area contributed by atoms with Gasteiger partial charge in [0, 0.05) is 22.7 Å². The fourth-order valence-corrected chi connectivity index (χ4v) is 3.01. The minimum atomic E-state index is -0.753. The average molecular weight is 321 g/mol. The maximum Gasteiger partial charge on any atom is 0.304 e. The second-order valence-electron chi connectivity index (χ2n) is 5.55. The highest BCUT2D eigenvalue weighted by molar-refractivity contribution is 6.30. The van der Waals surface area contributed by atoms with E-state index in [1.807, 2.05) is 30.3 Å². The van der Waals surface area contributed by atoms with E-state index in [1.54, 1.807) is 0 Å². The van der Waals surface area contributed by atoms with Crippen molar-refractivity contribution in [3.8, 4) is 11.3 Å². The summed E-state index contributed by atoms with van der Waals surface area (Å²) in [5, 5.41) is 13.7. The first kappa shape index (κ1) is 15.1. The van der Waals surface area contributed by atoms with Crippen molar-refractivity contribution in [1.29, 1.82) is 0 Å². The molecule has 1 aliphatic rings. The molecule has 1 fully saturated rings. The normalized spacial score (nSPS) is 18.7. The highest BCUT2D eigenvalue weighted by atomic mass is 35.5. The molecule has 1 aromatic carbocycles. The van der Waals surface area contributed by atoms with Crippen LogP contribution in [-0.2, 0) is 11.3 Å². The maximum atomic E-state index is 10.9. The van der Waals surface area contributed by atoms with E-state index in [4.69, 9.17) is 21.2 Å². The Morgan fingerprint density at radius 1 is 1.41 bits per heavy atom. The molecule has 1 saturated heterocycles. The minimum Gasteiger partial charge on any atom is -0.481 e. The molecule has 0 aliphatic carbocycles. The molecular weight excluding hydrogens is 304 g/mol. The molecule has 1 atom stereocenters. The van der Waals surface area contributed by atoms with E-state index in [9.17, 15) is 4.79 Å². The van der Waals surface area contributed by atoms with Gasteiger partial charge in [0.15, 0.2) is 5.76 Å². The van der Waals surface area contributed by atoms with Gasteiger partial charge in [-0.1, -0.05) is 28.9 Å². The number of carboxylic acid groups (broad SMARTS) is 1. The second-order valence-corrected chi connectivity index (χ2v) is 5.99. The largest absolute Gasteiger partial charge is 0.481 e. The Bertz CT molecular complexity index is 654. The van der Waals surface area contributed by atoms with E-state index < -0.39 is 5.97 Å². The lowest BCUT2D eigenvalue weighted by atomic mass is 10.1. The molecule has 5 nitrogen and oxygen atoms in total. The lowest BCUT2D eigenvalue weighted by molar-refractivity contribution is -0.138. The van der Waals surface area contributed by atoms with Crippen LogP contribution in [0.4, 0.5) is 0 Å². The Balaban J connectivity index is 1.69.